The van der Waals surface area contributed by atoms with Crippen LogP contribution in [0.3, 0.4) is 0 Å². The second kappa shape index (κ2) is 9.59. The van der Waals surface area contributed by atoms with E-state index in [1.54, 1.807) is 31.5 Å². The summed E-state index contributed by atoms with van der Waals surface area (Å²) >= 11 is 0. The zero-order valence-electron chi connectivity index (χ0n) is 17.0. The number of aromatic nitrogens is 1. The molecule has 0 saturated carbocycles. The highest BCUT2D eigenvalue weighted by atomic mass is 16.5. The average molecular weight is 390 g/mol. The molecule has 1 aromatic heterocycles. The minimum absolute atomic E-state index is 0.239. The van der Waals surface area contributed by atoms with Crippen LogP contribution in [-0.4, -0.2) is 31.1 Å². The number of rotatable bonds is 8. The first kappa shape index (κ1) is 20.2. The van der Waals surface area contributed by atoms with Gasteiger partial charge in [0.1, 0.15) is 11.6 Å². The Morgan fingerprint density at radius 3 is 2.28 bits per heavy atom. The normalized spacial score (nSPS) is 10.3. The van der Waals surface area contributed by atoms with Crippen molar-refractivity contribution in [3.8, 4) is 5.75 Å². The molecular formula is C23H26N4O2. The van der Waals surface area contributed by atoms with Gasteiger partial charge in [-0.15, -0.1) is 0 Å². The van der Waals surface area contributed by atoms with Crippen molar-refractivity contribution >= 4 is 28.8 Å². The number of pyridine rings is 1. The number of benzene rings is 2. The van der Waals surface area contributed by atoms with Crippen molar-refractivity contribution in [1.29, 1.82) is 0 Å². The first-order valence-corrected chi connectivity index (χ1v) is 9.67. The summed E-state index contributed by atoms with van der Waals surface area (Å²) in [6.07, 6.45) is 1.62. The summed E-state index contributed by atoms with van der Waals surface area (Å²) < 4.78 is 5.24. The van der Waals surface area contributed by atoms with Gasteiger partial charge in [0.25, 0.3) is 5.91 Å². The van der Waals surface area contributed by atoms with Gasteiger partial charge in [-0.3, -0.25) is 4.79 Å². The van der Waals surface area contributed by atoms with E-state index in [9.17, 15) is 4.79 Å². The zero-order chi connectivity index (χ0) is 20.6. The third kappa shape index (κ3) is 5.04. The van der Waals surface area contributed by atoms with Crippen LogP contribution >= 0.6 is 0 Å². The Hall–Kier alpha value is -3.54. The Labute approximate surface area is 171 Å². The molecule has 150 valence electrons. The number of para-hydroxylation sites is 1. The van der Waals surface area contributed by atoms with Gasteiger partial charge in [-0.05, 0) is 62.4 Å². The fraction of sp³-hybridized carbons (Fsp3) is 0.217. The predicted molar refractivity (Wildman–Crippen MR) is 118 cm³/mol. The first-order valence-electron chi connectivity index (χ1n) is 9.67. The van der Waals surface area contributed by atoms with Gasteiger partial charge >= 0.3 is 0 Å². The number of nitrogens with one attached hydrogen (secondary N) is 2. The lowest BCUT2D eigenvalue weighted by Gasteiger charge is -2.21. The Kier molecular flexibility index (Phi) is 6.68. The Balaban J connectivity index is 1.63. The van der Waals surface area contributed by atoms with Gasteiger partial charge in [0.2, 0.25) is 0 Å². The zero-order valence-corrected chi connectivity index (χ0v) is 17.0. The monoisotopic (exact) mass is 390 g/mol. The summed E-state index contributed by atoms with van der Waals surface area (Å²) in [5, 5.41) is 6.12. The van der Waals surface area contributed by atoms with Crippen LogP contribution in [0.4, 0.5) is 22.9 Å². The van der Waals surface area contributed by atoms with Crippen LogP contribution in [0.1, 0.15) is 24.2 Å². The van der Waals surface area contributed by atoms with Crippen LogP contribution in [0.2, 0.25) is 0 Å². The highest BCUT2D eigenvalue weighted by molar-refractivity contribution is 6.06. The highest BCUT2D eigenvalue weighted by Crippen LogP contribution is 2.22. The van der Waals surface area contributed by atoms with Gasteiger partial charge in [0.05, 0.1) is 24.6 Å². The van der Waals surface area contributed by atoms with E-state index in [0.717, 1.165) is 18.8 Å². The fourth-order valence-electron chi connectivity index (χ4n) is 3.06. The molecule has 0 unspecified atom stereocenters. The fourth-order valence-corrected chi connectivity index (χ4v) is 3.06. The Morgan fingerprint density at radius 1 is 0.966 bits per heavy atom. The highest BCUT2D eigenvalue weighted by Gasteiger charge is 2.11. The van der Waals surface area contributed by atoms with Gasteiger partial charge in [0.15, 0.2) is 0 Å². The second-order valence-corrected chi connectivity index (χ2v) is 6.43. The van der Waals surface area contributed by atoms with Crippen molar-refractivity contribution in [2.75, 3.05) is 35.7 Å². The summed E-state index contributed by atoms with van der Waals surface area (Å²) in [5.41, 5.74) is 3.25. The molecule has 0 aliphatic carbocycles. The maximum atomic E-state index is 12.5. The van der Waals surface area contributed by atoms with Crippen molar-refractivity contribution in [3.05, 3.63) is 72.4 Å². The van der Waals surface area contributed by atoms with Crippen LogP contribution in [0.25, 0.3) is 0 Å². The number of carbonyl (C=O) groups is 1. The Bertz CT molecular complexity index is 936. The van der Waals surface area contributed by atoms with Crippen LogP contribution in [0.5, 0.6) is 5.75 Å². The van der Waals surface area contributed by atoms with Crippen molar-refractivity contribution in [2.45, 2.75) is 13.8 Å². The van der Waals surface area contributed by atoms with Crippen LogP contribution in [0.15, 0.2) is 66.9 Å². The quantitative estimate of drug-likeness (QED) is 0.571. The standard InChI is InChI=1S/C23H26N4O2/c1-4-27(5-2)19-13-10-17(11-14-19)25-22-15-12-18(16-24-22)26-23(28)20-8-6-7-9-21(20)29-3/h6-16H,4-5H2,1-3H3,(H,24,25)(H,26,28). The number of anilines is 4. The smallest absolute Gasteiger partial charge is 0.259 e. The van der Waals surface area contributed by atoms with Gasteiger partial charge in [-0.25, -0.2) is 4.98 Å². The molecule has 1 heterocycles. The number of hydrogen-bond acceptors (Lipinski definition) is 5. The maximum absolute atomic E-state index is 12.5. The molecule has 3 aromatic rings. The van der Waals surface area contributed by atoms with E-state index in [1.807, 2.05) is 30.3 Å². The first-order chi connectivity index (χ1) is 14.1. The van der Waals surface area contributed by atoms with Crippen LogP contribution < -0.4 is 20.3 Å². The topological polar surface area (TPSA) is 66.5 Å². The molecule has 29 heavy (non-hydrogen) atoms. The molecule has 0 bridgehead atoms. The molecular weight excluding hydrogens is 364 g/mol. The van der Waals surface area contributed by atoms with E-state index in [2.05, 4.69) is 46.5 Å². The van der Waals surface area contributed by atoms with E-state index in [4.69, 9.17) is 4.74 Å². The second-order valence-electron chi connectivity index (χ2n) is 6.43. The third-order valence-electron chi connectivity index (χ3n) is 4.64. The minimum Gasteiger partial charge on any atom is -0.496 e. The molecule has 0 radical (unpaired) electrons. The largest absolute Gasteiger partial charge is 0.496 e. The average Bonchev–Trinajstić information content (AvgIpc) is 2.77. The number of carbonyl (C=O) groups excluding carboxylic acids is 1. The molecule has 0 spiro atoms. The number of methoxy groups -OCH3 is 1. The van der Waals surface area contributed by atoms with Gasteiger partial charge in [0, 0.05) is 24.5 Å². The number of amides is 1. The SMILES string of the molecule is CCN(CC)c1ccc(Nc2ccc(NC(=O)c3ccccc3OC)cn2)cc1. The van der Waals surface area contributed by atoms with Crippen molar-refractivity contribution in [3.63, 3.8) is 0 Å². The third-order valence-corrected chi connectivity index (χ3v) is 4.64. The van der Waals surface area contributed by atoms with Gasteiger partial charge in [-0.2, -0.15) is 0 Å². The minimum atomic E-state index is -0.239. The summed E-state index contributed by atoms with van der Waals surface area (Å²) in [4.78, 5) is 19.1. The molecule has 0 aliphatic heterocycles. The molecule has 2 N–H and O–H groups in total. The molecule has 0 saturated heterocycles. The van der Waals surface area contributed by atoms with Crippen molar-refractivity contribution in [2.24, 2.45) is 0 Å². The molecule has 0 aliphatic rings. The summed E-state index contributed by atoms with van der Waals surface area (Å²) in [6, 6.07) is 19.0. The molecule has 2 aromatic carbocycles. The maximum Gasteiger partial charge on any atom is 0.259 e. The lowest BCUT2D eigenvalue weighted by atomic mass is 10.2. The number of ether oxygens (including phenoxy) is 1. The molecule has 3 rings (SSSR count). The summed E-state index contributed by atoms with van der Waals surface area (Å²) in [5.74, 6) is 0.997. The predicted octanol–water partition coefficient (Wildman–Crippen LogP) is 4.93. The molecule has 1 amide bonds. The van der Waals surface area contributed by atoms with E-state index in [-0.39, 0.29) is 5.91 Å². The lowest BCUT2D eigenvalue weighted by Crippen LogP contribution is -2.21. The molecule has 6 heteroatoms. The van der Waals surface area contributed by atoms with Crippen molar-refractivity contribution in [1.82, 2.24) is 4.98 Å². The lowest BCUT2D eigenvalue weighted by molar-refractivity contribution is 0.102. The number of hydrogen-bond donors (Lipinski definition) is 2. The molecule has 6 nitrogen and oxygen atoms in total. The van der Waals surface area contributed by atoms with E-state index >= 15 is 0 Å². The number of nitrogens with zero attached hydrogens (tertiary/aromatic N) is 2. The van der Waals surface area contributed by atoms with Gasteiger partial charge < -0.3 is 20.3 Å². The van der Waals surface area contributed by atoms with Crippen molar-refractivity contribution < 1.29 is 9.53 Å². The summed E-state index contributed by atoms with van der Waals surface area (Å²) in [6.45, 7) is 6.25. The van der Waals surface area contributed by atoms with E-state index < -0.39 is 0 Å². The van der Waals surface area contributed by atoms with Gasteiger partial charge in [-0.1, -0.05) is 12.1 Å². The Morgan fingerprint density at radius 2 is 1.66 bits per heavy atom. The van der Waals surface area contributed by atoms with E-state index in [0.29, 0.717) is 22.8 Å². The molecule has 0 atom stereocenters. The van der Waals surface area contributed by atoms with Crippen LogP contribution in [-0.2, 0) is 0 Å². The van der Waals surface area contributed by atoms with Crippen LogP contribution in [0, 0.1) is 0 Å². The van der Waals surface area contributed by atoms with E-state index in [1.165, 1.54) is 5.69 Å². The summed E-state index contributed by atoms with van der Waals surface area (Å²) in [7, 11) is 1.54. The molecule has 0 fully saturated rings.